The normalized spacial score (nSPS) is 39.8. The van der Waals surface area contributed by atoms with Gasteiger partial charge < -0.3 is 0 Å². The fourth-order valence-electron chi connectivity index (χ4n) is 7.94. The Labute approximate surface area is 182 Å². The van der Waals surface area contributed by atoms with Crippen molar-refractivity contribution < 1.29 is 9.18 Å². The molecule has 1 heterocycles. The van der Waals surface area contributed by atoms with E-state index in [1.165, 1.54) is 48.4 Å². The van der Waals surface area contributed by atoms with Crippen molar-refractivity contribution in [2.24, 2.45) is 28.6 Å². The summed E-state index contributed by atoms with van der Waals surface area (Å²) in [5.41, 5.74) is 2.61. The average molecular weight is 424 g/mol. The van der Waals surface area contributed by atoms with Gasteiger partial charge in [-0.1, -0.05) is 13.8 Å². The SMILES string of the molecule is C[C@]12CCc3nc(-c4ccc(F)cc4)sc3C1CC[C@@H]1[C@@H]2CC[C@]2(C)C(=O)CC[C@@H]12. The van der Waals surface area contributed by atoms with Crippen LogP contribution < -0.4 is 0 Å². The molecule has 4 heteroatoms. The molecule has 1 aromatic carbocycles. The minimum Gasteiger partial charge on any atom is -0.299 e. The lowest BCUT2D eigenvalue weighted by atomic mass is 9.46. The molecule has 0 bridgehead atoms. The highest BCUT2D eigenvalue weighted by Gasteiger charge is 2.60. The van der Waals surface area contributed by atoms with Gasteiger partial charge >= 0.3 is 0 Å². The molecule has 1 unspecified atom stereocenters. The molecule has 0 N–H and O–H groups in total. The number of Topliss-reactive ketones (excluding diaryl/α,β-unsaturated/α-hetero) is 1. The summed E-state index contributed by atoms with van der Waals surface area (Å²) >= 11 is 1.85. The third-order valence-electron chi connectivity index (χ3n) is 9.61. The maximum Gasteiger partial charge on any atom is 0.139 e. The van der Waals surface area contributed by atoms with Gasteiger partial charge in [0.2, 0.25) is 0 Å². The molecule has 3 fully saturated rings. The van der Waals surface area contributed by atoms with E-state index in [0.29, 0.717) is 23.0 Å². The number of aryl methyl sites for hydroxylation is 1. The van der Waals surface area contributed by atoms with Gasteiger partial charge in [-0.2, -0.15) is 0 Å². The molecular formula is C26H30FNOS. The van der Waals surface area contributed by atoms with Gasteiger partial charge in [0, 0.05) is 28.2 Å². The van der Waals surface area contributed by atoms with Crippen LogP contribution in [-0.4, -0.2) is 10.8 Å². The van der Waals surface area contributed by atoms with Crippen LogP contribution in [-0.2, 0) is 11.2 Å². The van der Waals surface area contributed by atoms with Gasteiger partial charge in [-0.3, -0.25) is 4.79 Å². The van der Waals surface area contributed by atoms with Crippen LogP contribution in [0.4, 0.5) is 4.39 Å². The molecule has 4 aliphatic carbocycles. The zero-order valence-corrected chi connectivity index (χ0v) is 18.7. The second kappa shape index (κ2) is 6.48. The molecule has 0 radical (unpaired) electrons. The van der Waals surface area contributed by atoms with Crippen molar-refractivity contribution in [2.75, 3.05) is 0 Å². The monoisotopic (exact) mass is 423 g/mol. The summed E-state index contributed by atoms with van der Waals surface area (Å²) in [4.78, 5) is 19.2. The number of aromatic nitrogens is 1. The molecule has 0 amide bonds. The zero-order valence-electron chi connectivity index (χ0n) is 17.9. The van der Waals surface area contributed by atoms with E-state index in [-0.39, 0.29) is 11.2 Å². The predicted molar refractivity (Wildman–Crippen MR) is 118 cm³/mol. The molecule has 6 rings (SSSR count). The molecule has 2 nitrogen and oxygen atoms in total. The largest absolute Gasteiger partial charge is 0.299 e. The molecule has 30 heavy (non-hydrogen) atoms. The first kappa shape index (κ1) is 19.2. The maximum atomic E-state index is 13.4. The van der Waals surface area contributed by atoms with Crippen molar-refractivity contribution in [3.05, 3.63) is 40.7 Å². The van der Waals surface area contributed by atoms with E-state index >= 15 is 0 Å². The van der Waals surface area contributed by atoms with Crippen LogP contribution in [0.2, 0.25) is 0 Å². The lowest BCUT2D eigenvalue weighted by Crippen LogP contribution is -2.52. The number of rotatable bonds is 1. The Morgan fingerprint density at radius 2 is 1.80 bits per heavy atom. The minimum absolute atomic E-state index is 0.0373. The van der Waals surface area contributed by atoms with Crippen molar-refractivity contribution in [2.45, 2.75) is 71.1 Å². The standard InChI is InChI=1S/C26H30FNOS/c1-25-14-12-21-23(30-24(28-21)15-3-5-16(27)6-4-15)20(25)8-7-17-18-9-10-22(29)26(18,2)13-11-19(17)25/h3-6,17-20H,7-14H2,1-2H3/t17-,18-,19-,20?,25+,26-/m0/s1. The first-order valence-electron chi connectivity index (χ1n) is 11.7. The Hall–Kier alpha value is -1.55. The summed E-state index contributed by atoms with van der Waals surface area (Å²) in [7, 11) is 0. The van der Waals surface area contributed by atoms with Gasteiger partial charge in [-0.15, -0.1) is 11.3 Å². The molecule has 0 spiro atoms. The summed E-state index contributed by atoms with van der Waals surface area (Å²) in [6.07, 6.45) is 9.02. The van der Waals surface area contributed by atoms with Crippen LogP contribution in [0, 0.1) is 34.4 Å². The lowest BCUT2D eigenvalue weighted by molar-refractivity contribution is -0.134. The van der Waals surface area contributed by atoms with E-state index in [1.807, 2.05) is 23.5 Å². The van der Waals surface area contributed by atoms with Crippen LogP contribution >= 0.6 is 11.3 Å². The molecule has 0 saturated heterocycles. The highest BCUT2D eigenvalue weighted by Crippen LogP contribution is 2.67. The van der Waals surface area contributed by atoms with Gasteiger partial charge in [-0.05, 0) is 92.4 Å². The predicted octanol–water partition coefficient (Wildman–Crippen LogP) is 6.79. The van der Waals surface area contributed by atoms with Crippen LogP contribution in [0.3, 0.4) is 0 Å². The number of hydrogen-bond donors (Lipinski definition) is 0. The van der Waals surface area contributed by atoms with Crippen LogP contribution in [0.15, 0.2) is 24.3 Å². The number of nitrogens with zero attached hydrogens (tertiary/aromatic N) is 1. The highest BCUT2D eigenvalue weighted by molar-refractivity contribution is 7.15. The number of hydrogen-bond acceptors (Lipinski definition) is 3. The Balaban J connectivity index is 1.34. The van der Waals surface area contributed by atoms with Gasteiger partial charge in [0.15, 0.2) is 0 Å². The van der Waals surface area contributed by atoms with Crippen LogP contribution in [0.1, 0.15) is 75.3 Å². The number of carbonyl (C=O) groups is 1. The first-order chi connectivity index (χ1) is 14.4. The van der Waals surface area contributed by atoms with E-state index in [1.54, 1.807) is 0 Å². The first-order valence-corrected chi connectivity index (χ1v) is 12.5. The summed E-state index contributed by atoms with van der Waals surface area (Å²) in [5, 5.41) is 1.05. The Bertz CT molecular complexity index is 1010. The van der Waals surface area contributed by atoms with Gasteiger partial charge in [0.25, 0.3) is 0 Å². The third kappa shape index (κ3) is 2.52. The fraction of sp³-hybridized carbons (Fsp3) is 0.615. The molecule has 4 aliphatic rings. The molecule has 3 saturated carbocycles. The summed E-state index contributed by atoms with van der Waals surface area (Å²) in [6.45, 7) is 4.82. The van der Waals surface area contributed by atoms with Crippen LogP contribution in [0.25, 0.3) is 10.6 Å². The molecule has 1 aromatic heterocycles. The number of thiazole rings is 1. The van der Waals surface area contributed by atoms with E-state index in [0.717, 1.165) is 48.1 Å². The quantitative estimate of drug-likeness (QED) is 0.505. The fourth-order valence-corrected chi connectivity index (χ4v) is 9.35. The topological polar surface area (TPSA) is 30.0 Å². The molecule has 2 aromatic rings. The third-order valence-corrected chi connectivity index (χ3v) is 10.9. The molecular weight excluding hydrogens is 393 g/mol. The van der Waals surface area contributed by atoms with Crippen LogP contribution in [0.5, 0.6) is 0 Å². The minimum atomic E-state index is -0.194. The summed E-state index contributed by atoms with van der Waals surface area (Å²) in [6, 6.07) is 6.78. The smallest absolute Gasteiger partial charge is 0.139 e. The van der Waals surface area contributed by atoms with Gasteiger partial charge in [0.05, 0.1) is 5.69 Å². The van der Waals surface area contributed by atoms with Crippen molar-refractivity contribution in [3.8, 4) is 10.6 Å². The average Bonchev–Trinajstić information content (AvgIpc) is 3.29. The Kier molecular flexibility index (Phi) is 4.14. The van der Waals surface area contributed by atoms with Gasteiger partial charge in [0.1, 0.15) is 16.6 Å². The molecule has 0 aliphatic heterocycles. The van der Waals surface area contributed by atoms with E-state index < -0.39 is 0 Å². The van der Waals surface area contributed by atoms with Gasteiger partial charge in [-0.25, -0.2) is 9.37 Å². The number of carbonyl (C=O) groups excluding carboxylic acids is 1. The molecule has 6 atom stereocenters. The highest BCUT2D eigenvalue weighted by atomic mass is 32.1. The number of halogens is 1. The van der Waals surface area contributed by atoms with E-state index in [9.17, 15) is 9.18 Å². The second-order valence-corrected chi connectivity index (χ2v) is 11.8. The van der Waals surface area contributed by atoms with Crippen molar-refractivity contribution >= 4 is 17.1 Å². The van der Waals surface area contributed by atoms with E-state index in [4.69, 9.17) is 4.98 Å². The number of benzene rings is 1. The molecule has 158 valence electrons. The zero-order chi connectivity index (χ0) is 20.7. The number of fused-ring (bicyclic) bond motifs is 7. The lowest BCUT2D eigenvalue weighted by Gasteiger charge is -2.59. The van der Waals surface area contributed by atoms with E-state index in [2.05, 4.69) is 13.8 Å². The number of ketones is 1. The van der Waals surface area contributed by atoms with Crippen molar-refractivity contribution in [3.63, 3.8) is 0 Å². The Morgan fingerprint density at radius 1 is 1.00 bits per heavy atom. The second-order valence-electron chi connectivity index (χ2n) is 10.8. The summed E-state index contributed by atoms with van der Waals surface area (Å²) in [5.74, 6) is 3.01. The Morgan fingerprint density at radius 3 is 2.60 bits per heavy atom. The maximum absolute atomic E-state index is 13.4. The van der Waals surface area contributed by atoms with Crippen molar-refractivity contribution in [1.82, 2.24) is 4.98 Å². The summed E-state index contributed by atoms with van der Waals surface area (Å²) < 4.78 is 13.4. The van der Waals surface area contributed by atoms with Crippen molar-refractivity contribution in [1.29, 1.82) is 0 Å².